The summed E-state index contributed by atoms with van der Waals surface area (Å²) in [6.07, 6.45) is 0. The molecule has 12 heavy (non-hydrogen) atoms. The largest absolute Gasteiger partial charge is 0.284 e. The fraction of sp³-hybridized carbons (Fsp3) is 1.00. The van der Waals surface area contributed by atoms with E-state index in [1.165, 1.54) is 0 Å². The Labute approximate surface area is 96.7 Å². The van der Waals surface area contributed by atoms with Crippen molar-refractivity contribution in [2.24, 2.45) is 0 Å². The number of nitrogens with zero attached hydrogens (tertiary/aromatic N) is 2. The van der Waals surface area contributed by atoms with E-state index in [1.807, 2.05) is 0 Å². The minimum atomic E-state index is 0.747. The van der Waals surface area contributed by atoms with Crippen molar-refractivity contribution in [3.8, 4) is 0 Å². The van der Waals surface area contributed by atoms with Crippen molar-refractivity contribution in [3.63, 3.8) is 0 Å². The lowest BCUT2D eigenvalue weighted by molar-refractivity contribution is 0.294. The van der Waals surface area contributed by atoms with Crippen LogP contribution in [0, 0.1) is 0 Å². The van der Waals surface area contributed by atoms with Crippen LogP contribution in [0.5, 0.6) is 0 Å². The van der Waals surface area contributed by atoms with Gasteiger partial charge >= 0.3 is 0 Å². The monoisotopic (exact) mass is 244 g/mol. The molecule has 0 fully saturated rings. The quantitative estimate of drug-likeness (QED) is 0.394. The molecule has 74 valence electrons. The van der Waals surface area contributed by atoms with Crippen LogP contribution in [0.4, 0.5) is 0 Å². The Morgan fingerprint density at radius 2 is 0.833 bits per heavy atom. The van der Waals surface area contributed by atoms with Crippen LogP contribution >= 0.6 is 50.5 Å². The van der Waals surface area contributed by atoms with Gasteiger partial charge in [0.05, 0.1) is 0 Å². The number of rotatable bonds is 7. The van der Waals surface area contributed by atoms with E-state index in [0.717, 1.165) is 36.6 Å². The number of hydrogen-bond acceptors (Lipinski definition) is 6. The summed E-state index contributed by atoms with van der Waals surface area (Å²) >= 11 is 16.7. The molecule has 0 radical (unpaired) electrons. The topological polar surface area (TPSA) is 6.48 Å². The van der Waals surface area contributed by atoms with Crippen LogP contribution in [0.15, 0.2) is 0 Å². The molecule has 0 bridgehead atoms. The van der Waals surface area contributed by atoms with Gasteiger partial charge in [-0.3, -0.25) is 9.80 Å². The van der Waals surface area contributed by atoms with Gasteiger partial charge in [-0.05, 0) is 0 Å². The van der Waals surface area contributed by atoms with Crippen LogP contribution in [0.1, 0.15) is 0 Å². The molecule has 0 saturated carbocycles. The summed E-state index contributed by atoms with van der Waals surface area (Å²) < 4.78 is 0. The van der Waals surface area contributed by atoms with Crippen LogP contribution in [-0.2, 0) is 0 Å². The summed E-state index contributed by atoms with van der Waals surface area (Å²) in [6, 6.07) is 0. The van der Waals surface area contributed by atoms with Gasteiger partial charge in [0.2, 0.25) is 0 Å². The lowest BCUT2D eigenvalue weighted by Gasteiger charge is -2.22. The Hall–Kier alpha value is 1.32. The first-order valence-corrected chi connectivity index (χ1v) is 6.19. The highest BCUT2D eigenvalue weighted by Crippen LogP contribution is 1.97. The minimum Gasteiger partial charge on any atom is -0.284 e. The van der Waals surface area contributed by atoms with Crippen molar-refractivity contribution in [2.45, 2.75) is 0 Å². The summed E-state index contributed by atoms with van der Waals surface area (Å²) in [5, 5.41) is 0. The molecule has 0 aromatic rings. The molecule has 0 spiro atoms. The van der Waals surface area contributed by atoms with Gasteiger partial charge < -0.3 is 0 Å². The second kappa shape index (κ2) is 8.90. The molecule has 0 aromatic heterocycles. The molecule has 0 aliphatic heterocycles. The maximum absolute atomic E-state index is 4.18. The molecule has 0 amide bonds. The van der Waals surface area contributed by atoms with Crippen molar-refractivity contribution in [3.05, 3.63) is 0 Å². The Morgan fingerprint density at radius 3 is 1.00 bits per heavy atom. The zero-order valence-electron chi connectivity index (χ0n) is 6.93. The van der Waals surface area contributed by atoms with Crippen molar-refractivity contribution < 1.29 is 0 Å². The van der Waals surface area contributed by atoms with Gasteiger partial charge in [0.15, 0.2) is 0 Å². The van der Waals surface area contributed by atoms with Crippen LogP contribution in [0.3, 0.4) is 0 Å². The lowest BCUT2D eigenvalue weighted by Crippen LogP contribution is -2.33. The smallest absolute Gasteiger partial charge is 0.0422 e. The van der Waals surface area contributed by atoms with E-state index >= 15 is 0 Å². The predicted octanol–water partition coefficient (Wildman–Crippen LogP) is 1.14. The predicted molar refractivity (Wildman–Crippen MR) is 68.8 cm³/mol. The van der Waals surface area contributed by atoms with E-state index in [-0.39, 0.29) is 0 Å². The third kappa shape index (κ3) is 5.88. The maximum atomic E-state index is 4.18. The third-order valence-corrected chi connectivity index (χ3v) is 3.13. The van der Waals surface area contributed by atoms with Gasteiger partial charge in [0.1, 0.15) is 0 Å². The highest BCUT2D eigenvalue weighted by Gasteiger charge is 2.03. The zero-order chi connectivity index (χ0) is 9.40. The molecular weight excluding hydrogens is 228 g/mol. The molecule has 0 N–H and O–H groups in total. The first-order chi connectivity index (χ1) is 5.78. The van der Waals surface area contributed by atoms with Crippen LogP contribution in [-0.4, -0.2) is 46.4 Å². The first kappa shape index (κ1) is 13.3. The Morgan fingerprint density at radius 1 is 0.583 bits per heavy atom. The minimum absolute atomic E-state index is 0.747. The van der Waals surface area contributed by atoms with Gasteiger partial charge in [-0.2, -0.15) is 50.5 Å². The molecule has 0 aliphatic rings. The van der Waals surface area contributed by atoms with E-state index < -0.39 is 0 Å². The summed E-state index contributed by atoms with van der Waals surface area (Å²) in [4.78, 5) is 4.26. The van der Waals surface area contributed by atoms with Crippen LogP contribution in [0.25, 0.3) is 0 Å². The summed E-state index contributed by atoms with van der Waals surface area (Å²) in [5.74, 6) is 2.99. The lowest BCUT2D eigenvalue weighted by atomic mass is 10.5. The maximum Gasteiger partial charge on any atom is 0.0422 e. The normalized spacial score (nSPS) is 11.5. The van der Waals surface area contributed by atoms with Crippen molar-refractivity contribution in [2.75, 3.05) is 36.6 Å². The first-order valence-electron chi connectivity index (χ1n) is 3.66. The fourth-order valence-electron chi connectivity index (χ4n) is 0.655. The van der Waals surface area contributed by atoms with E-state index in [9.17, 15) is 0 Å². The highest BCUT2D eigenvalue weighted by atomic mass is 32.1. The molecule has 0 heterocycles. The molecule has 0 aliphatic carbocycles. The summed E-state index contributed by atoms with van der Waals surface area (Å²) in [5.41, 5.74) is 0. The third-order valence-electron chi connectivity index (χ3n) is 1.53. The summed E-state index contributed by atoms with van der Waals surface area (Å²) in [6.45, 7) is 1.93. The number of hydrogen-bond donors (Lipinski definition) is 4. The van der Waals surface area contributed by atoms with E-state index in [4.69, 9.17) is 0 Å². The molecule has 2 nitrogen and oxygen atoms in total. The summed E-state index contributed by atoms with van der Waals surface area (Å²) in [7, 11) is 0. The molecule has 0 atom stereocenters. The van der Waals surface area contributed by atoms with Gasteiger partial charge in [-0.15, -0.1) is 0 Å². The standard InChI is InChI=1S/C6H16N2S4/c9-3-7(4-10)1-2-8(5-11)6-12/h9-12H,1-6H2. The molecule has 0 unspecified atom stereocenters. The second-order valence-electron chi connectivity index (χ2n) is 2.35. The van der Waals surface area contributed by atoms with E-state index in [2.05, 4.69) is 60.3 Å². The van der Waals surface area contributed by atoms with Crippen LogP contribution in [0.2, 0.25) is 0 Å². The van der Waals surface area contributed by atoms with Gasteiger partial charge in [-0.25, -0.2) is 0 Å². The van der Waals surface area contributed by atoms with Gasteiger partial charge in [0, 0.05) is 36.6 Å². The molecule has 0 rings (SSSR count). The van der Waals surface area contributed by atoms with Crippen molar-refractivity contribution in [1.29, 1.82) is 0 Å². The number of thiol groups is 4. The SMILES string of the molecule is SCN(CS)CCN(CS)CS. The van der Waals surface area contributed by atoms with Gasteiger partial charge in [0.25, 0.3) is 0 Å². The zero-order valence-corrected chi connectivity index (χ0v) is 10.5. The Bertz CT molecular complexity index is 83.5. The fourth-order valence-corrected chi connectivity index (χ4v) is 1.94. The van der Waals surface area contributed by atoms with Crippen molar-refractivity contribution in [1.82, 2.24) is 9.80 Å². The second-order valence-corrected chi connectivity index (χ2v) is 3.49. The average Bonchev–Trinajstić information content (AvgIpc) is 2.13. The Balaban J connectivity index is 3.49. The van der Waals surface area contributed by atoms with E-state index in [0.29, 0.717) is 0 Å². The molecule has 0 saturated heterocycles. The molecule has 6 heteroatoms. The van der Waals surface area contributed by atoms with E-state index in [1.54, 1.807) is 0 Å². The molecular formula is C6H16N2S4. The van der Waals surface area contributed by atoms with Crippen LogP contribution < -0.4 is 0 Å². The average molecular weight is 244 g/mol. The molecule has 0 aromatic carbocycles. The van der Waals surface area contributed by atoms with Crippen molar-refractivity contribution >= 4 is 50.5 Å². The Kier molecular flexibility index (Phi) is 9.88. The highest BCUT2D eigenvalue weighted by molar-refractivity contribution is 7.81. The van der Waals surface area contributed by atoms with Gasteiger partial charge in [-0.1, -0.05) is 0 Å².